The molecular formula is C16H17BrFNO. The van der Waals surface area contributed by atoms with Crippen LogP contribution in [-0.4, -0.2) is 19.7 Å². The number of benzene rings is 2. The summed E-state index contributed by atoms with van der Waals surface area (Å²) in [7, 11) is 1.86. The van der Waals surface area contributed by atoms with Gasteiger partial charge in [-0.15, -0.1) is 0 Å². The van der Waals surface area contributed by atoms with Crippen LogP contribution in [0.1, 0.15) is 5.56 Å². The van der Waals surface area contributed by atoms with E-state index in [1.165, 1.54) is 6.07 Å². The van der Waals surface area contributed by atoms with Crippen molar-refractivity contribution in [3.05, 3.63) is 64.4 Å². The van der Waals surface area contributed by atoms with Crippen molar-refractivity contribution in [2.75, 3.05) is 13.7 Å². The molecule has 4 heteroatoms. The second-order valence-corrected chi connectivity index (χ2v) is 5.47. The number of para-hydroxylation sites is 1. The van der Waals surface area contributed by atoms with Crippen LogP contribution in [0.3, 0.4) is 0 Å². The number of hydrogen-bond donors (Lipinski definition) is 1. The quantitative estimate of drug-likeness (QED) is 0.865. The van der Waals surface area contributed by atoms with E-state index in [1.54, 1.807) is 6.07 Å². The molecule has 0 spiro atoms. The van der Waals surface area contributed by atoms with E-state index in [9.17, 15) is 4.39 Å². The first-order valence-corrected chi connectivity index (χ1v) is 7.27. The van der Waals surface area contributed by atoms with Gasteiger partial charge in [0.05, 0.1) is 0 Å². The third-order valence-electron chi connectivity index (χ3n) is 3.08. The lowest BCUT2D eigenvalue weighted by Gasteiger charge is -2.17. The number of nitrogens with one attached hydrogen (secondary N) is 1. The molecule has 2 aromatic rings. The van der Waals surface area contributed by atoms with E-state index in [-0.39, 0.29) is 11.9 Å². The Hall–Kier alpha value is -1.39. The molecular weight excluding hydrogens is 321 g/mol. The van der Waals surface area contributed by atoms with Crippen molar-refractivity contribution in [1.29, 1.82) is 0 Å². The lowest BCUT2D eigenvalue weighted by atomic mass is 10.1. The Morgan fingerprint density at radius 2 is 1.95 bits per heavy atom. The average Bonchev–Trinajstić information content (AvgIpc) is 2.46. The third-order valence-corrected chi connectivity index (χ3v) is 3.58. The van der Waals surface area contributed by atoms with E-state index in [4.69, 9.17) is 4.74 Å². The van der Waals surface area contributed by atoms with E-state index < -0.39 is 0 Å². The zero-order chi connectivity index (χ0) is 14.4. The van der Waals surface area contributed by atoms with Crippen molar-refractivity contribution in [3.63, 3.8) is 0 Å². The van der Waals surface area contributed by atoms with Gasteiger partial charge in [-0.1, -0.05) is 40.2 Å². The maximum Gasteiger partial charge on any atom is 0.127 e. The molecule has 2 aromatic carbocycles. The van der Waals surface area contributed by atoms with E-state index in [0.717, 1.165) is 10.2 Å². The number of likely N-dealkylation sites (N-methyl/N-ethyl adjacent to an activating group) is 1. The lowest BCUT2D eigenvalue weighted by molar-refractivity contribution is 0.269. The van der Waals surface area contributed by atoms with Gasteiger partial charge in [-0.25, -0.2) is 4.39 Å². The van der Waals surface area contributed by atoms with Crippen molar-refractivity contribution in [2.24, 2.45) is 0 Å². The maximum absolute atomic E-state index is 13.8. The zero-order valence-electron chi connectivity index (χ0n) is 11.3. The van der Waals surface area contributed by atoms with Crippen LogP contribution in [0.4, 0.5) is 4.39 Å². The fraction of sp³-hybridized carbons (Fsp3) is 0.250. The minimum Gasteiger partial charge on any atom is -0.492 e. The molecule has 1 unspecified atom stereocenters. The molecule has 0 bridgehead atoms. The van der Waals surface area contributed by atoms with Gasteiger partial charge in [-0.05, 0) is 43.3 Å². The normalized spacial score (nSPS) is 12.2. The van der Waals surface area contributed by atoms with Gasteiger partial charge in [0.1, 0.15) is 18.2 Å². The summed E-state index contributed by atoms with van der Waals surface area (Å²) in [6.07, 6.45) is 0.586. The first-order valence-electron chi connectivity index (χ1n) is 6.48. The minimum absolute atomic E-state index is 0.0610. The summed E-state index contributed by atoms with van der Waals surface area (Å²) in [6.45, 7) is 0.496. The molecule has 20 heavy (non-hydrogen) atoms. The van der Waals surface area contributed by atoms with Gasteiger partial charge in [-0.2, -0.15) is 0 Å². The van der Waals surface area contributed by atoms with Crippen LogP contribution in [-0.2, 0) is 6.42 Å². The SMILES string of the molecule is CNC(COc1ccccc1)Cc1ccc(Br)cc1F. The van der Waals surface area contributed by atoms with Crippen molar-refractivity contribution < 1.29 is 9.13 Å². The standard InChI is InChI=1S/C16H17BrFNO/c1-19-14(11-20-15-5-3-2-4-6-15)9-12-7-8-13(17)10-16(12)18/h2-8,10,14,19H,9,11H2,1H3. The Balaban J connectivity index is 1.95. The smallest absolute Gasteiger partial charge is 0.127 e. The number of hydrogen-bond acceptors (Lipinski definition) is 2. The topological polar surface area (TPSA) is 21.3 Å². The molecule has 0 fully saturated rings. The molecule has 1 N–H and O–H groups in total. The Morgan fingerprint density at radius 3 is 2.60 bits per heavy atom. The number of ether oxygens (including phenoxy) is 1. The molecule has 2 rings (SSSR count). The number of rotatable bonds is 6. The fourth-order valence-corrected chi connectivity index (χ4v) is 2.24. The highest BCUT2D eigenvalue weighted by molar-refractivity contribution is 9.10. The molecule has 0 aliphatic rings. The molecule has 1 atom stereocenters. The van der Waals surface area contributed by atoms with Crippen LogP contribution < -0.4 is 10.1 Å². The van der Waals surface area contributed by atoms with Gasteiger partial charge in [0.2, 0.25) is 0 Å². The predicted molar refractivity (Wildman–Crippen MR) is 82.6 cm³/mol. The average molecular weight is 338 g/mol. The summed E-state index contributed by atoms with van der Waals surface area (Å²) >= 11 is 3.26. The molecule has 0 saturated heterocycles. The molecule has 0 aromatic heterocycles. The Morgan fingerprint density at radius 1 is 1.20 bits per heavy atom. The van der Waals surface area contributed by atoms with Gasteiger partial charge in [-0.3, -0.25) is 0 Å². The molecule has 2 nitrogen and oxygen atoms in total. The third kappa shape index (κ3) is 4.32. The molecule has 0 aliphatic heterocycles. The highest BCUT2D eigenvalue weighted by Gasteiger charge is 2.11. The van der Waals surface area contributed by atoms with Gasteiger partial charge in [0, 0.05) is 10.5 Å². The highest BCUT2D eigenvalue weighted by Crippen LogP contribution is 2.17. The zero-order valence-corrected chi connectivity index (χ0v) is 12.9. The number of halogens is 2. The van der Waals surface area contributed by atoms with Gasteiger partial charge < -0.3 is 10.1 Å². The summed E-state index contributed by atoms with van der Waals surface area (Å²) in [6, 6.07) is 14.8. The molecule has 0 radical (unpaired) electrons. The molecule has 0 aliphatic carbocycles. The van der Waals surface area contributed by atoms with Gasteiger partial charge in [0.25, 0.3) is 0 Å². The lowest BCUT2D eigenvalue weighted by Crippen LogP contribution is -2.34. The van der Waals surface area contributed by atoms with Crippen molar-refractivity contribution in [3.8, 4) is 5.75 Å². The van der Waals surface area contributed by atoms with Crippen molar-refractivity contribution >= 4 is 15.9 Å². The summed E-state index contributed by atoms with van der Waals surface area (Å²) in [4.78, 5) is 0. The molecule has 0 saturated carbocycles. The van der Waals surface area contributed by atoms with Crippen LogP contribution >= 0.6 is 15.9 Å². The van der Waals surface area contributed by atoms with Gasteiger partial charge >= 0.3 is 0 Å². The molecule has 106 valence electrons. The van der Waals surface area contributed by atoms with E-state index in [0.29, 0.717) is 18.6 Å². The summed E-state index contributed by atoms with van der Waals surface area (Å²) in [5.41, 5.74) is 0.684. The highest BCUT2D eigenvalue weighted by atomic mass is 79.9. The van der Waals surface area contributed by atoms with Crippen LogP contribution in [0.2, 0.25) is 0 Å². The monoisotopic (exact) mass is 337 g/mol. The van der Waals surface area contributed by atoms with Gasteiger partial charge in [0.15, 0.2) is 0 Å². The second kappa shape index (κ2) is 7.41. The second-order valence-electron chi connectivity index (χ2n) is 4.55. The van der Waals surface area contributed by atoms with Crippen LogP contribution in [0, 0.1) is 5.82 Å². The summed E-state index contributed by atoms with van der Waals surface area (Å²) in [5, 5.41) is 3.16. The Labute approximate surface area is 127 Å². The van der Waals surface area contributed by atoms with E-state index in [2.05, 4.69) is 21.2 Å². The van der Waals surface area contributed by atoms with Crippen LogP contribution in [0.15, 0.2) is 53.0 Å². The first-order chi connectivity index (χ1) is 9.69. The molecule has 0 amide bonds. The summed E-state index contributed by atoms with van der Waals surface area (Å²) in [5.74, 6) is 0.628. The fourth-order valence-electron chi connectivity index (χ4n) is 1.91. The predicted octanol–water partition coefficient (Wildman–Crippen LogP) is 3.80. The Bertz CT molecular complexity index is 547. The first kappa shape index (κ1) is 15.0. The largest absolute Gasteiger partial charge is 0.492 e. The van der Waals surface area contributed by atoms with E-state index in [1.807, 2.05) is 43.4 Å². The minimum atomic E-state index is -0.195. The maximum atomic E-state index is 13.8. The molecule has 0 heterocycles. The Kier molecular flexibility index (Phi) is 5.56. The van der Waals surface area contributed by atoms with Crippen molar-refractivity contribution in [1.82, 2.24) is 5.32 Å². The van der Waals surface area contributed by atoms with E-state index >= 15 is 0 Å². The van der Waals surface area contributed by atoms with Crippen LogP contribution in [0.5, 0.6) is 5.75 Å². The summed E-state index contributed by atoms with van der Waals surface area (Å²) < 4.78 is 20.3. The van der Waals surface area contributed by atoms with Crippen molar-refractivity contribution in [2.45, 2.75) is 12.5 Å². The van der Waals surface area contributed by atoms with Crippen LogP contribution in [0.25, 0.3) is 0 Å².